The van der Waals surface area contributed by atoms with Crippen molar-refractivity contribution >= 4 is 34.1 Å². The van der Waals surface area contributed by atoms with Crippen LogP contribution in [-0.4, -0.2) is 60.9 Å². The molecule has 1 N–H and O–H groups in total. The molecule has 3 heterocycles. The third-order valence-electron chi connectivity index (χ3n) is 4.79. The molecule has 0 unspecified atom stereocenters. The molecule has 2 amide bonds. The van der Waals surface area contributed by atoms with Gasteiger partial charge in [-0.05, 0) is 23.6 Å². The Morgan fingerprint density at radius 3 is 2.67 bits per heavy atom. The van der Waals surface area contributed by atoms with Crippen molar-refractivity contribution in [1.82, 2.24) is 15.1 Å². The van der Waals surface area contributed by atoms with Gasteiger partial charge in [-0.3, -0.25) is 14.5 Å². The summed E-state index contributed by atoms with van der Waals surface area (Å²) in [6, 6.07) is 11.3. The van der Waals surface area contributed by atoms with Gasteiger partial charge in [0.25, 0.3) is 11.8 Å². The Morgan fingerprint density at radius 1 is 1.11 bits per heavy atom. The number of nitrogens with one attached hydrogen (secondary N) is 1. The number of hydrogen-bond acceptors (Lipinski definition) is 5. The average molecular weight is 383 g/mol. The van der Waals surface area contributed by atoms with Crippen molar-refractivity contribution in [3.05, 3.63) is 58.5 Å². The molecule has 2 aromatic heterocycles. The number of rotatable bonds is 5. The van der Waals surface area contributed by atoms with Gasteiger partial charge in [0.1, 0.15) is 5.58 Å². The number of thiophene rings is 1. The van der Waals surface area contributed by atoms with E-state index in [0.717, 1.165) is 30.6 Å². The highest BCUT2D eigenvalue weighted by Gasteiger charge is 2.24. The van der Waals surface area contributed by atoms with Crippen molar-refractivity contribution in [2.45, 2.75) is 0 Å². The maximum Gasteiger partial charge on any atom is 0.289 e. The van der Waals surface area contributed by atoms with E-state index >= 15 is 0 Å². The summed E-state index contributed by atoms with van der Waals surface area (Å²) in [5.41, 5.74) is 1.45. The van der Waals surface area contributed by atoms with E-state index in [0.29, 0.717) is 31.0 Å². The monoisotopic (exact) mass is 383 g/mol. The van der Waals surface area contributed by atoms with Crippen molar-refractivity contribution in [3.8, 4) is 0 Å². The van der Waals surface area contributed by atoms with Crippen LogP contribution in [0.5, 0.6) is 0 Å². The number of carbonyl (C=O) groups is 2. The van der Waals surface area contributed by atoms with Crippen molar-refractivity contribution < 1.29 is 14.0 Å². The molecule has 1 saturated heterocycles. The van der Waals surface area contributed by atoms with Crippen molar-refractivity contribution in [2.24, 2.45) is 0 Å². The molecule has 0 atom stereocenters. The lowest BCUT2D eigenvalue weighted by atomic mass is 10.2. The number of piperazine rings is 1. The van der Waals surface area contributed by atoms with Gasteiger partial charge in [0, 0.05) is 55.6 Å². The van der Waals surface area contributed by atoms with Crippen molar-refractivity contribution in [1.29, 1.82) is 0 Å². The first-order valence-corrected chi connectivity index (χ1v) is 9.95. The highest BCUT2D eigenvalue weighted by Crippen LogP contribution is 2.20. The fourth-order valence-corrected chi connectivity index (χ4v) is 3.88. The first-order chi connectivity index (χ1) is 13.2. The summed E-state index contributed by atoms with van der Waals surface area (Å²) in [5.74, 6) is 0.305. The molecule has 1 fully saturated rings. The van der Waals surface area contributed by atoms with Crippen LogP contribution in [0.2, 0.25) is 0 Å². The Labute approximate surface area is 161 Å². The third kappa shape index (κ3) is 4.04. The first kappa shape index (κ1) is 17.8. The average Bonchev–Trinajstić information content (AvgIpc) is 3.37. The summed E-state index contributed by atoms with van der Waals surface area (Å²) in [4.78, 5) is 28.7. The Bertz CT molecular complexity index is 894. The number of benzene rings is 1. The molecule has 27 heavy (non-hydrogen) atoms. The molecule has 7 heteroatoms. The molecular formula is C20H21N3O3S. The van der Waals surface area contributed by atoms with E-state index in [-0.39, 0.29) is 11.8 Å². The molecule has 1 aromatic carbocycles. The van der Waals surface area contributed by atoms with E-state index in [1.165, 1.54) is 11.3 Å². The second-order valence-electron chi connectivity index (χ2n) is 6.55. The standard InChI is InChI=1S/C20H21N3O3S/c24-19(16-5-12-27-14-16)21-6-7-22-8-10-23(11-9-22)20(25)18-13-15-3-1-2-4-17(15)26-18/h1-5,12-14H,6-11H2,(H,21,24). The Hall–Kier alpha value is -2.64. The topological polar surface area (TPSA) is 65.8 Å². The Morgan fingerprint density at radius 2 is 1.93 bits per heavy atom. The van der Waals surface area contributed by atoms with Gasteiger partial charge in [0.05, 0.1) is 0 Å². The van der Waals surface area contributed by atoms with Gasteiger partial charge in [-0.25, -0.2) is 0 Å². The molecule has 3 aromatic rings. The summed E-state index contributed by atoms with van der Waals surface area (Å²) in [6.45, 7) is 4.29. The van der Waals surface area contributed by atoms with E-state index < -0.39 is 0 Å². The molecule has 0 spiro atoms. The van der Waals surface area contributed by atoms with Gasteiger partial charge >= 0.3 is 0 Å². The molecule has 140 valence electrons. The predicted octanol–water partition coefficient (Wildman–Crippen LogP) is 2.68. The first-order valence-electron chi connectivity index (χ1n) is 9.01. The lowest BCUT2D eigenvalue weighted by Gasteiger charge is -2.34. The van der Waals surface area contributed by atoms with Gasteiger partial charge in [-0.1, -0.05) is 18.2 Å². The zero-order valence-corrected chi connectivity index (χ0v) is 15.7. The molecule has 0 bridgehead atoms. The van der Waals surface area contributed by atoms with Crippen LogP contribution in [0.4, 0.5) is 0 Å². The van der Waals surface area contributed by atoms with E-state index in [2.05, 4.69) is 10.2 Å². The molecule has 0 radical (unpaired) electrons. The van der Waals surface area contributed by atoms with E-state index in [1.807, 2.05) is 52.1 Å². The SMILES string of the molecule is O=C(NCCN1CCN(C(=O)c2cc3ccccc3o2)CC1)c1ccsc1. The highest BCUT2D eigenvalue weighted by molar-refractivity contribution is 7.08. The van der Waals surface area contributed by atoms with Gasteiger partial charge in [0.15, 0.2) is 5.76 Å². The van der Waals surface area contributed by atoms with Gasteiger partial charge in [-0.2, -0.15) is 11.3 Å². The third-order valence-corrected chi connectivity index (χ3v) is 5.48. The predicted molar refractivity (Wildman–Crippen MR) is 105 cm³/mol. The van der Waals surface area contributed by atoms with Gasteiger partial charge in [0.2, 0.25) is 0 Å². The van der Waals surface area contributed by atoms with Crippen LogP contribution >= 0.6 is 11.3 Å². The zero-order valence-electron chi connectivity index (χ0n) is 14.9. The number of nitrogens with zero attached hydrogens (tertiary/aromatic N) is 2. The van der Waals surface area contributed by atoms with Gasteiger partial charge in [-0.15, -0.1) is 0 Å². The van der Waals surface area contributed by atoms with Crippen LogP contribution < -0.4 is 5.32 Å². The number of amides is 2. The molecule has 6 nitrogen and oxygen atoms in total. The zero-order chi connectivity index (χ0) is 18.6. The van der Waals surface area contributed by atoms with E-state index in [9.17, 15) is 9.59 Å². The van der Waals surface area contributed by atoms with Crippen molar-refractivity contribution in [3.63, 3.8) is 0 Å². The highest BCUT2D eigenvalue weighted by atomic mass is 32.1. The molecule has 0 saturated carbocycles. The molecule has 0 aliphatic carbocycles. The minimum Gasteiger partial charge on any atom is -0.451 e. The fraction of sp³-hybridized carbons (Fsp3) is 0.300. The van der Waals surface area contributed by atoms with Crippen LogP contribution in [0, 0.1) is 0 Å². The van der Waals surface area contributed by atoms with E-state index in [4.69, 9.17) is 4.42 Å². The molecule has 1 aliphatic heterocycles. The summed E-state index contributed by atoms with van der Waals surface area (Å²) in [5, 5.41) is 7.62. The second kappa shape index (κ2) is 7.94. The van der Waals surface area contributed by atoms with Crippen LogP contribution in [0.25, 0.3) is 11.0 Å². The summed E-state index contributed by atoms with van der Waals surface area (Å²) in [6.07, 6.45) is 0. The van der Waals surface area contributed by atoms with Crippen LogP contribution in [0.15, 0.2) is 51.6 Å². The van der Waals surface area contributed by atoms with Crippen LogP contribution in [-0.2, 0) is 0 Å². The maximum atomic E-state index is 12.7. The number of para-hydroxylation sites is 1. The number of carbonyl (C=O) groups excluding carboxylic acids is 2. The fourth-order valence-electron chi connectivity index (χ4n) is 3.24. The molecular weight excluding hydrogens is 362 g/mol. The summed E-state index contributed by atoms with van der Waals surface area (Å²) < 4.78 is 5.69. The Kier molecular flexibility index (Phi) is 5.22. The van der Waals surface area contributed by atoms with Crippen LogP contribution in [0.1, 0.15) is 20.9 Å². The van der Waals surface area contributed by atoms with Gasteiger partial charge < -0.3 is 14.6 Å². The smallest absolute Gasteiger partial charge is 0.289 e. The summed E-state index contributed by atoms with van der Waals surface area (Å²) in [7, 11) is 0. The minimum absolute atomic E-state index is 0.0325. The Balaban J connectivity index is 1.25. The second-order valence-corrected chi connectivity index (χ2v) is 7.33. The number of hydrogen-bond donors (Lipinski definition) is 1. The minimum atomic E-state index is -0.0587. The lowest BCUT2D eigenvalue weighted by molar-refractivity contribution is 0.0609. The normalized spacial score (nSPS) is 15.2. The van der Waals surface area contributed by atoms with Crippen molar-refractivity contribution in [2.75, 3.05) is 39.3 Å². The summed E-state index contributed by atoms with van der Waals surface area (Å²) >= 11 is 1.52. The molecule has 4 rings (SSSR count). The van der Waals surface area contributed by atoms with E-state index in [1.54, 1.807) is 0 Å². The number of furan rings is 1. The largest absolute Gasteiger partial charge is 0.451 e. The number of fused-ring (bicyclic) bond motifs is 1. The molecule has 1 aliphatic rings. The quantitative estimate of drug-likeness (QED) is 0.736. The maximum absolute atomic E-state index is 12.7. The lowest BCUT2D eigenvalue weighted by Crippen LogP contribution is -2.50. The van der Waals surface area contributed by atoms with Crippen LogP contribution in [0.3, 0.4) is 0 Å².